The van der Waals surface area contributed by atoms with Crippen LogP contribution in [0, 0.1) is 12.3 Å². The van der Waals surface area contributed by atoms with Gasteiger partial charge in [-0.1, -0.05) is 5.92 Å². The molecular formula is C21H26N4O3. The van der Waals surface area contributed by atoms with E-state index < -0.39 is 0 Å². The monoisotopic (exact) mass is 382 g/mol. The van der Waals surface area contributed by atoms with Crippen molar-refractivity contribution in [1.82, 2.24) is 10.3 Å². The molecule has 7 heteroatoms. The number of hydrogen-bond donors (Lipinski definition) is 3. The van der Waals surface area contributed by atoms with Crippen molar-refractivity contribution in [1.29, 1.82) is 0 Å². The Bertz CT molecular complexity index is 982. The number of amides is 1. The summed E-state index contributed by atoms with van der Waals surface area (Å²) in [5.74, 6) is 2.33. The molecule has 4 N–H and O–H groups in total. The van der Waals surface area contributed by atoms with Crippen LogP contribution in [0.25, 0.3) is 10.9 Å². The Labute approximate surface area is 164 Å². The Hall–Kier alpha value is -2.82. The van der Waals surface area contributed by atoms with Crippen molar-refractivity contribution < 1.29 is 9.53 Å². The molecule has 1 aliphatic heterocycles. The van der Waals surface area contributed by atoms with Gasteiger partial charge < -0.3 is 25.7 Å². The largest absolute Gasteiger partial charge is 0.378 e. The standard InChI is InChI=1S/C21H26N4O3/c1-4-15-18(25-11-7-21(2,28-3)8-12-25)16-13-14(19(26)23-10-9-22)5-6-17(16)24-20(15)27/h1,5-6,13H,7-12,22H2,2-3H3,(H,23,26)(H,24,27). The number of nitrogens with zero attached hydrogens (tertiary/aromatic N) is 1. The summed E-state index contributed by atoms with van der Waals surface area (Å²) in [6.07, 6.45) is 7.31. The number of rotatable bonds is 5. The van der Waals surface area contributed by atoms with E-state index in [0.29, 0.717) is 42.9 Å². The highest BCUT2D eigenvalue weighted by Crippen LogP contribution is 2.33. The molecule has 0 bridgehead atoms. The number of terminal acetylenes is 1. The normalized spacial score (nSPS) is 16.0. The maximum atomic E-state index is 12.5. The van der Waals surface area contributed by atoms with Crippen LogP contribution in [0.5, 0.6) is 0 Å². The number of methoxy groups -OCH3 is 1. The van der Waals surface area contributed by atoms with Crippen LogP contribution in [-0.4, -0.2) is 49.8 Å². The number of fused-ring (bicyclic) bond motifs is 1. The van der Waals surface area contributed by atoms with E-state index in [1.165, 1.54) is 0 Å². The fourth-order valence-corrected chi connectivity index (χ4v) is 3.58. The highest BCUT2D eigenvalue weighted by molar-refractivity contribution is 6.02. The minimum atomic E-state index is -0.301. The quantitative estimate of drug-likeness (QED) is 0.675. The number of hydrogen-bond acceptors (Lipinski definition) is 5. The summed E-state index contributed by atoms with van der Waals surface area (Å²) in [5.41, 5.74) is 7.11. The molecule has 1 fully saturated rings. The molecule has 28 heavy (non-hydrogen) atoms. The Balaban J connectivity index is 2.09. The number of ether oxygens (including phenoxy) is 1. The van der Waals surface area contributed by atoms with Crippen LogP contribution in [0.15, 0.2) is 23.0 Å². The first-order chi connectivity index (χ1) is 13.4. The van der Waals surface area contributed by atoms with Gasteiger partial charge in [0.25, 0.3) is 11.5 Å². The van der Waals surface area contributed by atoms with Gasteiger partial charge in [0.05, 0.1) is 16.8 Å². The second-order valence-corrected chi connectivity index (χ2v) is 7.27. The summed E-state index contributed by atoms with van der Waals surface area (Å²) < 4.78 is 5.62. The number of piperidine rings is 1. The number of pyridine rings is 1. The van der Waals surface area contributed by atoms with E-state index >= 15 is 0 Å². The molecule has 2 aromatic rings. The summed E-state index contributed by atoms with van der Waals surface area (Å²) in [7, 11) is 1.72. The van der Waals surface area contributed by atoms with E-state index in [0.717, 1.165) is 18.2 Å². The Morgan fingerprint density at radius 3 is 2.75 bits per heavy atom. The van der Waals surface area contributed by atoms with Gasteiger partial charge in [-0.3, -0.25) is 9.59 Å². The zero-order valence-electron chi connectivity index (χ0n) is 16.3. The van der Waals surface area contributed by atoms with Crippen molar-refractivity contribution in [2.75, 3.05) is 38.2 Å². The molecular weight excluding hydrogens is 356 g/mol. The summed E-state index contributed by atoms with van der Waals surface area (Å²) in [6.45, 7) is 4.27. The second-order valence-electron chi connectivity index (χ2n) is 7.27. The third-order valence-corrected chi connectivity index (χ3v) is 5.45. The predicted molar refractivity (Wildman–Crippen MR) is 111 cm³/mol. The summed E-state index contributed by atoms with van der Waals surface area (Å²) in [5, 5.41) is 3.52. The molecule has 1 amide bonds. The molecule has 3 rings (SSSR count). The summed E-state index contributed by atoms with van der Waals surface area (Å²) >= 11 is 0. The number of aromatic amines is 1. The lowest BCUT2D eigenvalue weighted by atomic mass is 9.92. The predicted octanol–water partition coefficient (Wildman–Crippen LogP) is 1.20. The van der Waals surface area contributed by atoms with E-state index in [9.17, 15) is 9.59 Å². The van der Waals surface area contributed by atoms with Gasteiger partial charge in [0, 0.05) is 44.2 Å². The fraction of sp³-hybridized carbons (Fsp3) is 0.429. The molecule has 0 saturated carbocycles. The molecule has 148 valence electrons. The van der Waals surface area contributed by atoms with Crippen molar-refractivity contribution in [3.63, 3.8) is 0 Å². The maximum Gasteiger partial charge on any atom is 0.266 e. The Kier molecular flexibility index (Phi) is 5.73. The molecule has 7 nitrogen and oxygen atoms in total. The van der Waals surface area contributed by atoms with E-state index in [2.05, 4.69) is 28.0 Å². The summed E-state index contributed by atoms with van der Waals surface area (Å²) in [6, 6.07) is 5.19. The van der Waals surface area contributed by atoms with Gasteiger partial charge in [0.1, 0.15) is 5.56 Å². The third-order valence-electron chi connectivity index (χ3n) is 5.45. The number of carbonyl (C=O) groups excluding carboxylic acids is 1. The molecule has 0 unspecified atom stereocenters. The van der Waals surface area contributed by atoms with Gasteiger partial charge in [0.15, 0.2) is 0 Å². The van der Waals surface area contributed by atoms with Gasteiger partial charge >= 0.3 is 0 Å². The van der Waals surface area contributed by atoms with E-state index in [1.807, 2.05) is 0 Å². The van der Waals surface area contributed by atoms with Crippen LogP contribution in [0.4, 0.5) is 5.69 Å². The molecule has 1 saturated heterocycles. The number of nitrogens with two attached hydrogens (primary N) is 1. The average molecular weight is 382 g/mol. The van der Waals surface area contributed by atoms with Crippen molar-refractivity contribution in [3.8, 4) is 12.3 Å². The van der Waals surface area contributed by atoms with E-state index in [-0.39, 0.29) is 22.6 Å². The van der Waals surface area contributed by atoms with Crippen LogP contribution in [0.1, 0.15) is 35.7 Å². The van der Waals surface area contributed by atoms with Crippen LogP contribution < -0.4 is 21.5 Å². The van der Waals surface area contributed by atoms with Gasteiger partial charge in [-0.2, -0.15) is 0 Å². The number of carbonyl (C=O) groups is 1. The first-order valence-electron chi connectivity index (χ1n) is 9.37. The van der Waals surface area contributed by atoms with Crippen LogP contribution >= 0.6 is 0 Å². The number of nitrogens with one attached hydrogen (secondary N) is 2. The molecule has 0 aliphatic carbocycles. The highest BCUT2D eigenvalue weighted by Gasteiger charge is 2.31. The van der Waals surface area contributed by atoms with Gasteiger partial charge in [-0.05, 0) is 38.0 Å². The number of anilines is 1. The molecule has 0 radical (unpaired) electrons. The molecule has 1 aromatic carbocycles. The smallest absolute Gasteiger partial charge is 0.266 e. The zero-order chi connectivity index (χ0) is 20.3. The molecule has 2 heterocycles. The lowest BCUT2D eigenvalue weighted by Gasteiger charge is -2.40. The number of H-pyrrole nitrogens is 1. The van der Waals surface area contributed by atoms with Crippen molar-refractivity contribution in [3.05, 3.63) is 39.7 Å². The van der Waals surface area contributed by atoms with Crippen LogP contribution in [-0.2, 0) is 4.74 Å². The molecule has 0 spiro atoms. The average Bonchev–Trinajstić information content (AvgIpc) is 2.71. The Morgan fingerprint density at radius 1 is 1.43 bits per heavy atom. The molecule has 0 atom stereocenters. The zero-order valence-corrected chi connectivity index (χ0v) is 16.3. The lowest BCUT2D eigenvalue weighted by Crippen LogP contribution is -2.44. The van der Waals surface area contributed by atoms with E-state index in [4.69, 9.17) is 16.9 Å². The van der Waals surface area contributed by atoms with Gasteiger partial charge in [-0.25, -0.2) is 0 Å². The minimum absolute atomic E-state index is 0.183. The number of aromatic nitrogens is 1. The summed E-state index contributed by atoms with van der Waals surface area (Å²) in [4.78, 5) is 29.8. The van der Waals surface area contributed by atoms with Crippen LogP contribution in [0.2, 0.25) is 0 Å². The molecule has 1 aliphatic rings. The number of benzene rings is 1. The first kappa shape index (κ1) is 19.9. The maximum absolute atomic E-state index is 12.5. The van der Waals surface area contributed by atoms with E-state index in [1.54, 1.807) is 25.3 Å². The highest BCUT2D eigenvalue weighted by atomic mass is 16.5. The second kappa shape index (κ2) is 8.05. The first-order valence-corrected chi connectivity index (χ1v) is 9.37. The van der Waals surface area contributed by atoms with Gasteiger partial charge in [-0.15, -0.1) is 6.42 Å². The van der Waals surface area contributed by atoms with Crippen molar-refractivity contribution >= 4 is 22.5 Å². The van der Waals surface area contributed by atoms with Gasteiger partial charge in [0.2, 0.25) is 0 Å². The minimum Gasteiger partial charge on any atom is -0.378 e. The van der Waals surface area contributed by atoms with Crippen LogP contribution in [0.3, 0.4) is 0 Å². The van der Waals surface area contributed by atoms with Crippen molar-refractivity contribution in [2.45, 2.75) is 25.4 Å². The fourth-order valence-electron chi connectivity index (χ4n) is 3.58. The van der Waals surface area contributed by atoms with Crippen molar-refractivity contribution in [2.24, 2.45) is 5.73 Å². The lowest BCUT2D eigenvalue weighted by molar-refractivity contribution is -0.0132. The topological polar surface area (TPSA) is 100 Å². The third kappa shape index (κ3) is 3.75. The molecule has 1 aromatic heterocycles. The SMILES string of the molecule is C#Cc1c(N2CCC(C)(OC)CC2)c2cc(C(=O)NCCN)ccc2[nH]c1=O. The Morgan fingerprint density at radius 2 is 2.14 bits per heavy atom.